The van der Waals surface area contributed by atoms with Gasteiger partial charge in [-0.25, -0.2) is 4.98 Å². The van der Waals surface area contributed by atoms with Gasteiger partial charge in [0.1, 0.15) is 5.82 Å². The minimum absolute atomic E-state index is 0.00692. The van der Waals surface area contributed by atoms with Crippen molar-refractivity contribution in [3.63, 3.8) is 0 Å². The third kappa shape index (κ3) is 3.05. The summed E-state index contributed by atoms with van der Waals surface area (Å²) in [7, 11) is 0. The number of aromatic amines is 1. The molecule has 1 aliphatic carbocycles. The maximum atomic E-state index is 13.4. The monoisotopic (exact) mass is 391 g/mol. The molecule has 3 heterocycles. The number of likely N-dealkylation sites (tertiary alicyclic amines) is 1. The molecule has 29 heavy (non-hydrogen) atoms. The van der Waals surface area contributed by atoms with Gasteiger partial charge in [0.05, 0.1) is 28.2 Å². The van der Waals surface area contributed by atoms with E-state index in [0.717, 1.165) is 37.2 Å². The molecular weight excluding hydrogens is 366 g/mol. The van der Waals surface area contributed by atoms with Crippen LogP contribution >= 0.6 is 0 Å². The third-order valence-electron chi connectivity index (χ3n) is 6.18. The number of carbonyl (C=O) groups is 1. The van der Waals surface area contributed by atoms with Crippen LogP contribution in [0.1, 0.15) is 59.3 Å². The number of nitrogens with one attached hydrogen (secondary N) is 1. The normalized spacial score (nSPS) is 19.2. The number of carbonyl (C=O) groups excluding carboxylic acids is 1. The lowest BCUT2D eigenvalue weighted by atomic mass is 10.1. The molecule has 3 aromatic rings. The van der Waals surface area contributed by atoms with Crippen LogP contribution < -0.4 is 5.56 Å². The number of para-hydroxylation sites is 1. The smallest absolute Gasteiger partial charge is 0.261 e. The van der Waals surface area contributed by atoms with E-state index in [-0.39, 0.29) is 17.5 Å². The number of aromatic nitrogens is 4. The first-order valence-electron chi connectivity index (χ1n) is 10.4. The summed E-state index contributed by atoms with van der Waals surface area (Å²) in [5.74, 6) is 1.24. The Labute approximate surface area is 168 Å². The van der Waals surface area contributed by atoms with Crippen LogP contribution in [-0.4, -0.2) is 37.1 Å². The molecule has 2 fully saturated rings. The fraction of sp³-hybridized carbons (Fsp3) is 0.455. The number of hydrogen-bond donors (Lipinski definition) is 1. The maximum Gasteiger partial charge on any atom is 0.261 e. The van der Waals surface area contributed by atoms with Gasteiger partial charge in [-0.3, -0.25) is 19.3 Å². The zero-order valence-electron chi connectivity index (χ0n) is 16.8. The molecule has 5 rings (SSSR count). The number of H-pyrrole nitrogens is 1. The highest BCUT2D eigenvalue weighted by atomic mass is 16.2. The summed E-state index contributed by atoms with van der Waals surface area (Å²) >= 11 is 0. The molecule has 1 amide bonds. The van der Waals surface area contributed by atoms with E-state index in [2.05, 4.69) is 10.2 Å². The van der Waals surface area contributed by atoms with Crippen molar-refractivity contribution in [2.24, 2.45) is 5.92 Å². The van der Waals surface area contributed by atoms with Gasteiger partial charge >= 0.3 is 0 Å². The lowest BCUT2D eigenvalue weighted by molar-refractivity contribution is 0.0725. The van der Waals surface area contributed by atoms with E-state index < -0.39 is 0 Å². The standard InChI is InChI=1S/C22H25N5O2/c1-13-19(14(2)25-24-13)22(29)26-11-5-8-18(26)20-23-17-7-4-3-6-16(17)21(28)27(20)12-15-9-10-15/h3-4,6-7,15,18H,5,8-12H2,1-2H3,(H,24,25). The van der Waals surface area contributed by atoms with Crippen LogP contribution in [0, 0.1) is 19.8 Å². The van der Waals surface area contributed by atoms with Crippen molar-refractivity contribution < 1.29 is 4.79 Å². The summed E-state index contributed by atoms with van der Waals surface area (Å²) in [5.41, 5.74) is 2.83. The highest BCUT2D eigenvalue weighted by Crippen LogP contribution is 2.35. The van der Waals surface area contributed by atoms with Gasteiger partial charge in [-0.05, 0) is 57.6 Å². The van der Waals surface area contributed by atoms with Crippen molar-refractivity contribution in [3.05, 3.63) is 57.4 Å². The number of benzene rings is 1. The van der Waals surface area contributed by atoms with Gasteiger partial charge in [0.25, 0.3) is 11.5 Å². The predicted molar refractivity (Wildman–Crippen MR) is 110 cm³/mol. The van der Waals surface area contributed by atoms with E-state index in [1.165, 1.54) is 0 Å². The van der Waals surface area contributed by atoms with E-state index >= 15 is 0 Å². The first-order valence-corrected chi connectivity index (χ1v) is 10.4. The van der Waals surface area contributed by atoms with E-state index in [9.17, 15) is 9.59 Å². The van der Waals surface area contributed by atoms with Crippen molar-refractivity contribution in [1.29, 1.82) is 0 Å². The molecule has 150 valence electrons. The number of aryl methyl sites for hydroxylation is 2. The van der Waals surface area contributed by atoms with Crippen LogP contribution in [0.5, 0.6) is 0 Å². The summed E-state index contributed by atoms with van der Waals surface area (Å²) in [6, 6.07) is 7.31. The van der Waals surface area contributed by atoms with Crippen molar-refractivity contribution in [3.8, 4) is 0 Å². The van der Waals surface area contributed by atoms with Crippen LogP contribution in [-0.2, 0) is 6.54 Å². The second kappa shape index (κ2) is 6.83. The molecule has 0 spiro atoms. The van der Waals surface area contributed by atoms with E-state index in [1.54, 1.807) is 0 Å². The van der Waals surface area contributed by atoms with Gasteiger partial charge in [-0.15, -0.1) is 0 Å². The molecule has 1 saturated heterocycles. The number of fused-ring (bicyclic) bond motifs is 1. The quantitative estimate of drug-likeness (QED) is 0.741. The fourth-order valence-electron chi connectivity index (χ4n) is 4.46. The molecule has 1 aliphatic heterocycles. The molecule has 1 atom stereocenters. The van der Waals surface area contributed by atoms with Crippen LogP contribution in [0.3, 0.4) is 0 Å². The Morgan fingerprint density at radius 3 is 2.72 bits per heavy atom. The predicted octanol–water partition coefficient (Wildman–Crippen LogP) is 3.12. The van der Waals surface area contributed by atoms with Crippen LogP contribution in [0.15, 0.2) is 29.1 Å². The zero-order chi connectivity index (χ0) is 20.1. The SMILES string of the molecule is Cc1n[nH]c(C)c1C(=O)N1CCCC1c1nc2ccccc2c(=O)n1CC1CC1. The van der Waals surface area contributed by atoms with E-state index in [4.69, 9.17) is 4.98 Å². The average Bonchev–Trinajstić information content (AvgIpc) is 3.29. The van der Waals surface area contributed by atoms with Crippen molar-refractivity contribution in [1.82, 2.24) is 24.6 Å². The minimum atomic E-state index is -0.188. The lowest BCUT2D eigenvalue weighted by Gasteiger charge is -2.27. The van der Waals surface area contributed by atoms with Crippen molar-refractivity contribution in [2.75, 3.05) is 6.54 Å². The Morgan fingerprint density at radius 1 is 1.21 bits per heavy atom. The lowest BCUT2D eigenvalue weighted by Crippen LogP contribution is -2.36. The largest absolute Gasteiger partial charge is 0.328 e. The molecule has 1 N–H and O–H groups in total. The Morgan fingerprint density at radius 2 is 2.00 bits per heavy atom. The summed E-state index contributed by atoms with van der Waals surface area (Å²) in [6.07, 6.45) is 4.02. The summed E-state index contributed by atoms with van der Waals surface area (Å²) in [5, 5.41) is 7.74. The van der Waals surface area contributed by atoms with Crippen molar-refractivity contribution >= 4 is 16.8 Å². The molecule has 1 unspecified atom stereocenters. The second-order valence-corrected chi connectivity index (χ2v) is 8.31. The third-order valence-corrected chi connectivity index (χ3v) is 6.18. The Hall–Kier alpha value is -2.96. The Balaban J connectivity index is 1.62. The first-order chi connectivity index (χ1) is 14.0. The molecule has 0 bridgehead atoms. The number of nitrogens with zero attached hydrogens (tertiary/aromatic N) is 4. The van der Waals surface area contributed by atoms with E-state index in [1.807, 2.05) is 47.6 Å². The summed E-state index contributed by atoms with van der Waals surface area (Å²) < 4.78 is 1.84. The maximum absolute atomic E-state index is 13.4. The topological polar surface area (TPSA) is 83.9 Å². The highest BCUT2D eigenvalue weighted by Gasteiger charge is 2.36. The van der Waals surface area contributed by atoms with Gasteiger partial charge < -0.3 is 4.90 Å². The van der Waals surface area contributed by atoms with Crippen LogP contribution in [0.25, 0.3) is 10.9 Å². The summed E-state index contributed by atoms with van der Waals surface area (Å²) in [4.78, 5) is 33.4. The molecule has 7 nitrogen and oxygen atoms in total. The number of hydrogen-bond acceptors (Lipinski definition) is 4. The molecule has 7 heteroatoms. The van der Waals surface area contributed by atoms with Gasteiger partial charge in [-0.2, -0.15) is 5.10 Å². The molecule has 0 radical (unpaired) electrons. The van der Waals surface area contributed by atoms with Gasteiger partial charge in [-0.1, -0.05) is 12.1 Å². The molecule has 2 aliphatic rings. The molecule has 2 aromatic heterocycles. The second-order valence-electron chi connectivity index (χ2n) is 8.31. The van der Waals surface area contributed by atoms with Crippen LogP contribution in [0.2, 0.25) is 0 Å². The molecular formula is C22H25N5O2. The van der Waals surface area contributed by atoms with Crippen molar-refractivity contribution in [2.45, 2.75) is 52.1 Å². The van der Waals surface area contributed by atoms with Gasteiger partial charge in [0.15, 0.2) is 0 Å². The molecule has 1 aromatic carbocycles. The summed E-state index contributed by atoms with van der Waals surface area (Å²) in [6.45, 7) is 5.07. The highest BCUT2D eigenvalue weighted by molar-refractivity contribution is 5.96. The van der Waals surface area contributed by atoms with Gasteiger partial charge in [0.2, 0.25) is 0 Å². The van der Waals surface area contributed by atoms with Gasteiger partial charge in [0, 0.05) is 18.8 Å². The number of rotatable bonds is 4. The molecule has 1 saturated carbocycles. The van der Waals surface area contributed by atoms with Crippen LogP contribution in [0.4, 0.5) is 0 Å². The zero-order valence-corrected chi connectivity index (χ0v) is 16.8. The Bertz CT molecular complexity index is 1140. The Kier molecular flexibility index (Phi) is 4.26. The minimum Gasteiger partial charge on any atom is -0.328 e. The average molecular weight is 391 g/mol. The number of amides is 1. The van der Waals surface area contributed by atoms with E-state index in [0.29, 0.717) is 41.2 Å². The first kappa shape index (κ1) is 18.1. The fourth-order valence-corrected chi connectivity index (χ4v) is 4.46.